The molecular weight excluding hydrogens is 438 g/mol. The number of rotatable bonds is 7. The number of benzene rings is 1. The van der Waals surface area contributed by atoms with Crippen molar-refractivity contribution in [3.8, 4) is 17.5 Å². The van der Waals surface area contributed by atoms with Crippen LogP contribution in [0.2, 0.25) is 0 Å². The highest BCUT2D eigenvalue weighted by Crippen LogP contribution is 2.37. The van der Waals surface area contributed by atoms with Gasteiger partial charge in [0.05, 0.1) is 11.3 Å². The molecule has 164 valence electrons. The smallest absolute Gasteiger partial charge is 0.235 e. The summed E-state index contributed by atoms with van der Waals surface area (Å²) in [6, 6.07) is 10.3. The highest BCUT2D eigenvalue weighted by molar-refractivity contribution is 7.99. The molecule has 0 saturated heterocycles. The van der Waals surface area contributed by atoms with Gasteiger partial charge in [0, 0.05) is 17.0 Å². The normalized spacial score (nSPS) is 13.1. The van der Waals surface area contributed by atoms with Gasteiger partial charge in [-0.1, -0.05) is 48.5 Å². The van der Waals surface area contributed by atoms with Crippen LogP contribution in [0.3, 0.4) is 0 Å². The number of carbonyl (C=O) groups is 1. The number of carbonyl (C=O) groups excluding carboxylic acids is 1. The van der Waals surface area contributed by atoms with Gasteiger partial charge in [0.1, 0.15) is 11.1 Å². The third kappa shape index (κ3) is 4.64. The van der Waals surface area contributed by atoms with E-state index < -0.39 is 0 Å². The Morgan fingerprint density at radius 1 is 1.31 bits per heavy atom. The number of nitrogens with zero attached hydrogens (tertiary/aromatic N) is 4. The lowest BCUT2D eigenvalue weighted by Gasteiger charge is -2.09. The first-order chi connectivity index (χ1) is 15.6. The molecular formula is C24H25N5OS2. The predicted octanol–water partition coefficient (Wildman–Crippen LogP) is 5.37. The van der Waals surface area contributed by atoms with Crippen molar-refractivity contribution in [1.29, 1.82) is 5.26 Å². The van der Waals surface area contributed by atoms with E-state index >= 15 is 0 Å². The minimum Gasteiger partial charge on any atom is -0.316 e. The highest BCUT2D eigenvalue weighted by Gasteiger charge is 2.22. The first kappa shape index (κ1) is 22.3. The summed E-state index contributed by atoms with van der Waals surface area (Å²) >= 11 is 2.89. The van der Waals surface area contributed by atoms with Gasteiger partial charge in [-0.2, -0.15) is 5.26 Å². The Morgan fingerprint density at radius 3 is 2.91 bits per heavy atom. The summed E-state index contributed by atoms with van der Waals surface area (Å²) in [5, 5.41) is 22.7. The second-order valence-corrected chi connectivity index (χ2v) is 9.79. The molecule has 0 atom stereocenters. The Labute approximate surface area is 196 Å². The largest absolute Gasteiger partial charge is 0.316 e. The van der Waals surface area contributed by atoms with Gasteiger partial charge in [0.25, 0.3) is 0 Å². The van der Waals surface area contributed by atoms with E-state index in [1.165, 1.54) is 23.1 Å². The number of fused-ring (bicyclic) bond motifs is 1. The lowest BCUT2D eigenvalue weighted by atomic mass is 10.1. The predicted molar refractivity (Wildman–Crippen MR) is 130 cm³/mol. The summed E-state index contributed by atoms with van der Waals surface area (Å²) in [6.45, 7) is 6.44. The van der Waals surface area contributed by atoms with Crippen LogP contribution in [0.25, 0.3) is 11.4 Å². The lowest BCUT2D eigenvalue weighted by molar-refractivity contribution is -0.113. The molecule has 1 amide bonds. The van der Waals surface area contributed by atoms with Gasteiger partial charge in [-0.05, 0) is 43.7 Å². The van der Waals surface area contributed by atoms with Crippen LogP contribution in [0, 0.1) is 18.3 Å². The van der Waals surface area contributed by atoms with Crippen LogP contribution in [-0.4, -0.2) is 26.4 Å². The molecule has 0 radical (unpaired) electrons. The first-order valence-corrected chi connectivity index (χ1v) is 12.5. The summed E-state index contributed by atoms with van der Waals surface area (Å²) in [4.78, 5) is 14.0. The molecule has 32 heavy (non-hydrogen) atoms. The molecule has 2 aromatic heterocycles. The van der Waals surface area contributed by atoms with Gasteiger partial charge in [0.2, 0.25) is 5.91 Å². The second kappa shape index (κ2) is 10.2. The van der Waals surface area contributed by atoms with Crippen LogP contribution in [0.5, 0.6) is 0 Å². The molecule has 1 aliphatic rings. The zero-order chi connectivity index (χ0) is 22.5. The highest BCUT2D eigenvalue weighted by atomic mass is 32.2. The molecule has 2 heterocycles. The third-order valence-corrected chi connectivity index (χ3v) is 7.71. The summed E-state index contributed by atoms with van der Waals surface area (Å²) in [5.41, 5.74) is 3.89. The molecule has 3 aromatic rings. The van der Waals surface area contributed by atoms with Crippen LogP contribution in [0.1, 0.15) is 40.8 Å². The quantitative estimate of drug-likeness (QED) is 0.289. The molecule has 0 fully saturated rings. The molecule has 4 rings (SSSR count). The minimum atomic E-state index is -0.145. The van der Waals surface area contributed by atoms with Gasteiger partial charge in [0.15, 0.2) is 11.0 Å². The zero-order valence-electron chi connectivity index (χ0n) is 18.1. The molecule has 1 aromatic carbocycles. The average Bonchev–Trinajstić information content (AvgIpc) is 3.24. The van der Waals surface area contributed by atoms with Gasteiger partial charge in [-0.3, -0.25) is 9.36 Å². The van der Waals surface area contributed by atoms with Crippen molar-refractivity contribution in [3.63, 3.8) is 0 Å². The number of hydrogen-bond donors (Lipinski definition) is 1. The maximum atomic E-state index is 12.7. The maximum Gasteiger partial charge on any atom is 0.235 e. The second-order valence-electron chi connectivity index (χ2n) is 7.74. The lowest BCUT2D eigenvalue weighted by Crippen LogP contribution is -2.14. The van der Waals surface area contributed by atoms with Crippen LogP contribution >= 0.6 is 23.1 Å². The molecule has 0 bridgehead atoms. The molecule has 0 saturated carbocycles. The molecule has 0 unspecified atom stereocenters. The minimum absolute atomic E-state index is 0.145. The van der Waals surface area contributed by atoms with Crippen LogP contribution in [0.15, 0.2) is 42.1 Å². The maximum absolute atomic E-state index is 12.7. The van der Waals surface area contributed by atoms with Crippen molar-refractivity contribution in [2.45, 2.75) is 50.7 Å². The van der Waals surface area contributed by atoms with Crippen LogP contribution in [0.4, 0.5) is 5.00 Å². The molecule has 8 heteroatoms. The van der Waals surface area contributed by atoms with E-state index in [-0.39, 0.29) is 11.7 Å². The van der Waals surface area contributed by atoms with Gasteiger partial charge >= 0.3 is 0 Å². The van der Waals surface area contributed by atoms with Gasteiger partial charge in [-0.15, -0.1) is 28.1 Å². The third-order valence-electron chi connectivity index (χ3n) is 5.53. The molecule has 1 N–H and O–H groups in total. The number of allylic oxidation sites excluding steroid dienone is 1. The number of thioether (sulfide) groups is 1. The average molecular weight is 464 g/mol. The Kier molecular flexibility index (Phi) is 7.08. The zero-order valence-corrected chi connectivity index (χ0v) is 19.7. The Morgan fingerprint density at radius 2 is 2.12 bits per heavy atom. The van der Waals surface area contributed by atoms with Crippen molar-refractivity contribution in [1.82, 2.24) is 14.8 Å². The summed E-state index contributed by atoms with van der Waals surface area (Å²) in [7, 11) is 0. The number of nitriles is 1. The number of hydrogen-bond acceptors (Lipinski definition) is 6. The van der Waals surface area contributed by atoms with Crippen molar-refractivity contribution in [3.05, 3.63) is 58.5 Å². The van der Waals surface area contributed by atoms with E-state index in [1.54, 1.807) is 17.4 Å². The van der Waals surface area contributed by atoms with E-state index in [4.69, 9.17) is 0 Å². The van der Waals surface area contributed by atoms with E-state index in [2.05, 4.69) is 28.2 Å². The molecule has 0 spiro atoms. The van der Waals surface area contributed by atoms with Gasteiger partial charge < -0.3 is 5.32 Å². The van der Waals surface area contributed by atoms with E-state index in [9.17, 15) is 10.1 Å². The Bertz CT molecular complexity index is 1190. The fourth-order valence-electron chi connectivity index (χ4n) is 3.95. The van der Waals surface area contributed by atoms with E-state index in [0.717, 1.165) is 48.2 Å². The SMILES string of the molecule is C=CCn1c(SCC(=O)Nc2sc3c(c2C#N)CCCCC3)nnc1-c1ccccc1C. The number of aryl methyl sites for hydroxylation is 2. The number of nitrogens with one attached hydrogen (secondary N) is 1. The van der Waals surface area contributed by atoms with Crippen molar-refractivity contribution < 1.29 is 4.79 Å². The van der Waals surface area contributed by atoms with E-state index in [0.29, 0.717) is 22.3 Å². The molecule has 1 aliphatic carbocycles. The number of thiophene rings is 1. The van der Waals surface area contributed by atoms with E-state index in [1.807, 2.05) is 35.8 Å². The number of amides is 1. The van der Waals surface area contributed by atoms with Crippen molar-refractivity contribution >= 4 is 34.0 Å². The van der Waals surface area contributed by atoms with Crippen LogP contribution < -0.4 is 5.32 Å². The molecule has 0 aliphatic heterocycles. The summed E-state index contributed by atoms with van der Waals surface area (Å²) in [5.74, 6) is 0.810. The summed E-state index contributed by atoms with van der Waals surface area (Å²) in [6.07, 6.45) is 7.15. The Hall–Kier alpha value is -2.89. The standard InChI is InChI=1S/C24H25N5OS2/c1-3-13-29-22(17-10-8-7-9-16(17)2)27-28-24(29)31-15-21(30)26-23-19(14-25)18-11-5-4-6-12-20(18)32-23/h3,7-10H,1,4-6,11-13,15H2,2H3,(H,26,30). The van der Waals surface area contributed by atoms with Crippen LogP contribution in [-0.2, 0) is 24.2 Å². The van der Waals surface area contributed by atoms with Gasteiger partial charge in [-0.25, -0.2) is 0 Å². The number of aromatic nitrogens is 3. The fourth-order valence-corrected chi connectivity index (χ4v) is 5.96. The molecule has 6 nitrogen and oxygen atoms in total. The van der Waals surface area contributed by atoms with Crippen molar-refractivity contribution in [2.75, 3.05) is 11.1 Å². The first-order valence-electron chi connectivity index (χ1n) is 10.7. The number of anilines is 1. The van der Waals surface area contributed by atoms with Crippen molar-refractivity contribution in [2.24, 2.45) is 0 Å². The summed E-state index contributed by atoms with van der Waals surface area (Å²) < 4.78 is 1.97. The fraction of sp³-hybridized carbons (Fsp3) is 0.333. The monoisotopic (exact) mass is 463 g/mol. The Balaban J connectivity index is 1.49. The topological polar surface area (TPSA) is 83.6 Å².